The van der Waals surface area contributed by atoms with Gasteiger partial charge in [-0.3, -0.25) is 0 Å². The average Bonchev–Trinajstić information content (AvgIpc) is 3.17. The molecule has 0 aliphatic heterocycles. The summed E-state index contributed by atoms with van der Waals surface area (Å²) in [7, 11) is -3.10. The molecule has 7 heteroatoms. The van der Waals surface area contributed by atoms with Crippen LogP contribution in [0.25, 0.3) is 0 Å². The third-order valence-corrected chi connectivity index (χ3v) is 21.7. The van der Waals surface area contributed by atoms with E-state index in [0.29, 0.717) is 0 Å². The zero-order chi connectivity index (χ0) is 33.9. The molecule has 0 atom stereocenters. The van der Waals surface area contributed by atoms with Gasteiger partial charge in [-0.2, -0.15) is 0 Å². The molecule has 0 aliphatic carbocycles. The normalized spacial score (nSPS) is 10.9. The Morgan fingerprint density at radius 2 is 0.440 bits per heavy atom. The van der Waals surface area contributed by atoms with Crippen molar-refractivity contribution in [2.45, 2.75) is 0 Å². The first-order valence-electron chi connectivity index (χ1n) is 17.2. The molecule has 258 valence electrons. The molecule has 0 spiro atoms. The van der Waals surface area contributed by atoms with Crippen LogP contribution in [0.5, 0.6) is 0 Å². The van der Waals surface area contributed by atoms with Gasteiger partial charge in [0.25, 0.3) is 0 Å². The van der Waals surface area contributed by atoms with Crippen LogP contribution in [-0.2, 0) is 17.1 Å². The van der Waals surface area contributed by atoms with E-state index in [2.05, 4.69) is 182 Å². The summed E-state index contributed by atoms with van der Waals surface area (Å²) in [5, 5.41) is 23.6. The molecule has 0 fully saturated rings. The summed E-state index contributed by atoms with van der Waals surface area (Å²) in [4.78, 5) is 0. The maximum atomic E-state index is 7.12. The molecule has 6 aromatic carbocycles. The number of aliphatic hydroxyl groups excluding tert-OH is 1. The first-order valence-corrected chi connectivity index (χ1v) is 24.5. The minimum absolute atomic E-state index is 0. The molecule has 0 aromatic heterocycles. The van der Waals surface area contributed by atoms with Crippen LogP contribution >= 0.6 is 31.7 Å². The summed E-state index contributed by atoms with van der Waals surface area (Å²) in [5.74, 6) is 0. The van der Waals surface area contributed by atoms with E-state index in [9.17, 15) is 0 Å². The van der Waals surface area contributed by atoms with E-state index in [4.69, 9.17) is 10.2 Å². The van der Waals surface area contributed by atoms with Gasteiger partial charge >= 0.3 is 0 Å². The van der Waals surface area contributed by atoms with Crippen molar-refractivity contribution in [2.75, 3.05) is 43.8 Å². The fraction of sp³-hybridized carbons (Fsp3) is 0.163. The van der Waals surface area contributed by atoms with E-state index in [1.54, 1.807) is 31.8 Å². The third kappa shape index (κ3) is 12.6. The standard InChI is InChI=1S/C42H42P4.CH4O2.Fe/c1-7-19-37(20-8-1)44(38-21-9-2-10-22-38)34-31-43(32-35-45(39-23-11-3-12-24-39)40-25-13-4-14-26-40)33-36-46(41-27-15-5-16-28-41)42-29-17-6-18-30-42;2-1-3;/h1-30H,31-36H2;2-3H,1H2;/p+4. The minimum atomic E-state index is -0.835. The van der Waals surface area contributed by atoms with Crippen LogP contribution in [0.1, 0.15) is 0 Å². The SMILES string of the molecule is OCO.[Fe].c1ccc([PH+](CC[PH+](CC[PH+](c2ccccc2)c2ccccc2)CC[PH+](c2ccccc2)c2ccccc2)c2ccccc2)cc1. The monoisotopic (exact) mass is 778 g/mol. The summed E-state index contributed by atoms with van der Waals surface area (Å²) >= 11 is 0. The van der Waals surface area contributed by atoms with Crippen LogP contribution in [0.4, 0.5) is 0 Å². The number of hydrogen-bond acceptors (Lipinski definition) is 2. The quantitative estimate of drug-likeness (QED) is 0.0691. The predicted molar refractivity (Wildman–Crippen MR) is 228 cm³/mol. The molecular formula is C43H50FeO2P4+4. The van der Waals surface area contributed by atoms with Crippen molar-refractivity contribution in [3.8, 4) is 0 Å². The van der Waals surface area contributed by atoms with Crippen molar-refractivity contribution in [3.63, 3.8) is 0 Å². The molecule has 0 heterocycles. The van der Waals surface area contributed by atoms with Gasteiger partial charge in [0.05, 0.1) is 92.6 Å². The number of aliphatic hydroxyl groups is 2. The van der Waals surface area contributed by atoms with E-state index < -0.39 is 38.5 Å². The zero-order valence-corrected chi connectivity index (χ0v) is 33.6. The summed E-state index contributed by atoms with van der Waals surface area (Å²) in [6.45, 7) is -0.750. The molecule has 0 saturated heterocycles. The van der Waals surface area contributed by atoms with Gasteiger partial charge in [-0.25, -0.2) is 0 Å². The van der Waals surface area contributed by atoms with Crippen LogP contribution in [0.2, 0.25) is 0 Å². The molecule has 0 bridgehead atoms. The number of benzene rings is 6. The molecule has 6 aromatic rings. The van der Waals surface area contributed by atoms with Crippen molar-refractivity contribution in [1.82, 2.24) is 0 Å². The largest absolute Gasteiger partial charge is 0.371 e. The second-order valence-electron chi connectivity index (χ2n) is 12.0. The summed E-state index contributed by atoms with van der Waals surface area (Å²) < 4.78 is 0. The fourth-order valence-electron chi connectivity index (χ4n) is 6.48. The molecule has 2 N–H and O–H groups in total. The molecular weight excluding hydrogens is 728 g/mol. The van der Waals surface area contributed by atoms with E-state index >= 15 is 0 Å². The van der Waals surface area contributed by atoms with Crippen molar-refractivity contribution in [2.24, 2.45) is 0 Å². The van der Waals surface area contributed by atoms with Crippen LogP contribution in [0.15, 0.2) is 182 Å². The zero-order valence-electron chi connectivity index (χ0n) is 28.5. The van der Waals surface area contributed by atoms with Crippen LogP contribution in [-0.4, -0.2) is 54.0 Å². The Morgan fingerprint density at radius 3 is 0.600 bits per heavy atom. The molecule has 0 radical (unpaired) electrons. The van der Waals surface area contributed by atoms with Gasteiger partial charge in [0, 0.05) is 25.0 Å². The smallest absolute Gasteiger partial charge is 0.140 e. The summed E-state index contributed by atoms with van der Waals surface area (Å²) in [6, 6.07) is 68.4. The molecule has 2 nitrogen and oxygen atoms in total. The van der Waals surface area contributed by atoms with Crippen LogP contribution < -0.4 is 31.8 Å². The average molecular weight is 779 g/mol. The Bertz CT molecular complexity index is 1390. The maximum Gasteiger partial charge on any atom is 0.140 e. The Balaban J connectivity index is 0.00000136. The summed E-state index contributed by atoms with van der Waals surface area (Å²) in [6.07, 6.45) is 8.14. The second-order valence-corrected chi connectivity index (χ2v) is 22.9. The molecule has 50 heavy (non-hydrogen) atoms. The Hall–Kier alpha value is -2.52. The van der Waals surface area contributed by atoms with Crippen molar-refractivity contribution < 1.29 is 27.3 Å². The topological polar surface area (TPSA) is 40.5 Å². The van der Waals surface area contributed by atoms with Gasteiger partial charge in [0.15, 0.2) is 0 Å². The van der Waals surface area contributed by atoms with Gasteiger partial charge in [0.1, 0.15) is 6.79 Å². The molecule has 0 saturated carbocycles. The van der Waals surface area contributed by atoms with E-state index in [1.165, 1.54) is 37.0 Å². The van der Waals surface area contributed by atoms with Crippen molar-refractivity contribution in [1.29, 1.82) is 0 Å². The molecule has 0 unspecified atom stereocenters. The molecule has 0 amide bonds. The van der Waals surface area contributed by atoms with Crippen molar-refractivity contribution >= 4 is 63.5 Å². The molecule has 6 rings (SSSR count). The first-order chi connectivity index (χ1) is 24.3. The van der Waals surface area contributed by atoms with Gasteiger partial charge in [-0.05, 0) is 72.8 Å². The van der Waals surface area contributed by atoms with E-state index in [-0.39, 0.29) is 17.1 Å². The first kappa shape index (κ1) is 40.3. The Morgan fingerprint density at radius 1 is 0.280 bits per heavy atom. The van der Waals surface area contributed by atoms with Gasteiger partial charge in [-0.1, -0.05) is 109 Å². The van der Waals surface area contributed by atoms with Gasteiger partial charge < -0.3 is 10.2 Å². The van der Waals surface area contributed by atoms with Crippen molar-refractivity contribution in [3.05, 3.63) is 182 Å². The predicted octanol–water partition coefficient (Wildman–Crippen LogP) is 6.72. The van der Waals surface area contributed by atoms with E-state index in [0.717, 1.165) is 0 Å². The van der Waals surface area contributed by atoms with Crippen LogP contribution in [0, 0.1) is 0 Å². The minimum Gasteiger partial charge on any atom is -0.371 e. The number of hydrogen-bond donors (Lipinski definition) is 2. The van der Waals surface area contributed by atoms with Gasteiger partial charge in [-0.15, -0.1) is 0 Å². The van der Waals surface area contributed by atoms with E-state index in [1.807, 2.05) is 0 Å². The Labute approximate surface area is 314 Å². The maximum absolute atomic E-state index is 7.12. The second kappa shape index (κ2) is 23.1. The van der Waals surface area contributed by atoms with Gasteiger partial charge in [0.2, 0.25) is 0 Å². The molecule has 0 aliphatic rings. The Kier molecular flexibility index (Phi) is 18.6. The third-order valence-electron chi connectivity index (χ3n) is 8.92. The number of rotatable bonds is 15. The fourth-order valence-corrected chi connectivity index (χ4v) is 20.8. The summed E-state index contributed by atoms with van der Waals surface area (Å²) in [5.41, 5.74) is 0. The van der Waals surface area contributed by atoms with Crippen LogP contribution in [0.3, 0.4) is 0 Å².